The van der Waals surface area contributed by atoms with E-state index in [4.69, 9.17) is 16.3 Å². The average molecular weight is 421 g/mol. The molecule has 2 aromatic rings. The number of piperidine rings is 1. The van der Waals surface area contributed by atoms with E-state index in [9.17, 15) is 13.2 Å². The molecule has 8 heteroatoms. The molecule has 4 rings (SSSR count). The van der Waals surface area contributed by atoms with Gasteiger partial charge >= 0.3 is 0 Å². The Labute approximate surface area is 169 Å². The fraction of sp³-hybridized carbons (Fsp3) is 0.350. The van der Waals surface area contributed by atoms with Crippen molar-refractivity contribution in [3.63, 3.8) is 0 Å². The molecular weight excluding hydrogens is 400 g/mol. The molecule has 2 fully saturated rings. The van der Waals surface area contributed by atoms with Gasteiger partial charge in [-0.2, -0.15) is 4.31 Å². The molecule has 1 saturated heterocycles. The monoisotopic (exact) mass is 420 g/mol. The van der Waals surface area contributed by atoms with Crippen LogP contribution in [-0.2, 0) is 10.0 Å². The lowest BCUT2D eigenvalue weighted by molar-refractivity contribution is 0.0917. The van der Waals surface area contributed by atoms with Crippen molar-refractivity contribution >= 4 is 27.5 Å². The first-order valence-electron chi connectivity index (χ1n) is 9.11. The van der Waals surface area contributed by atoms with Crippen LogP contribution in [0, 0.1) is 5.92 Å². The average Bonchev–Trinajstić information content (AvgIpc) is 3.29. The van der Waals surface area contributed by atoms with Gasteiger partial charge in [0, 0.05) is 24.2 Å². The molecule has 28 heavy (non-hydrogen) atoms. The topological polar surface area (TPSA) is 75.7 Å². The van der Waals surface area contributed by atoms with Gasteiger partial charge in [-0.3, -0.25) is 4.79 Å². The molecule has 6 nitrogen and oxygen atoms in total. The third-order valence-electron chi connectivity index (χ3n) is 5.52. The van der Waals surface area contributed by atoms with Crippen molar-refractivity contribution in [2.75, 3.05) is 13.7 Å². The number of benzene rings is 2. The summed E-state index contributed by atoms with van der Waals surface area (Å²) in [5.41, 5.74) is 0.571. The van der Waals surface area contributed by atoms with Gasteiger partial charge in [0.25, 0.3) is 5.91 Å². The van der Waals surface area contributed by atoms with Gasteiger partial charge in [0.15, 0.2) is 0 Å². The maximum atomic E-state index is 13.2. The SMILES string of the molecule is COc1ccc(S(=O)(=O)N2C[C@@H]3C[C@H](NC(=O)c4ccccc4)[C@H]2C3)cc1Cl. The number of nitrogens with one attached hydrogen (secondary N) is 1. The summed E-state index contributed by atoms with van der Waals surface area (Å²) in [4.78, 5) is 12.6. The minimum atomic E-state index is -3.71. The second-order valence-corrected chi connectivity index (χ2v) is 9.52. The first-order chi connectivity index (χ1) is 13.4. The number of carbonyl (C=O) groups excluding carboxylic acids is 1. The van der Waals surface area contributed by atoms with E-state index in [1.54, 1.807) is 30.3 Å². The Hall–Kier alpha value is -2.09. The second kappa shape index (κ2) is 7.39. The van der Waals surface area contributed by atoms with E-state index in [0.717, 1.165) is 12.8 Å². The molecule has 0 aromatic heterocycles. The van der Waals surface area contributed by atoms with Crippen LogP contribution in [0.15, 0.2) is 53.4 Å². The number of rotatable bonds is 5. The summed E-state index contributed by atoms with van der Waals surface area (Å²) in [5, 5.41) is 3.27. The lowest BCUT2D eigenvalue weighted by Gasteiger charge is -2.33. The smallest absolute Gasteiger partial charge is 0.251 e. The molecule has 1 saturated carbocycles. The van der Waals surface area contributed by atoms with Crippen molar-refractivity contribution in [1.29, 1.82) is 0 Å². The number of ether oxygens (including phenoxy) is 1. The molecule has 1 heterocycles. The Morgan fingerprint density at radius 2 is 1.93 bits per heavy atom. The molecule has 1 aliphatic heterocycles. The third kappa shape index (κ3) is 3.38. The highest BCUT2D eigenvalue weighted by atomic mass is 35.5. The zero-order valence-corrected chi connectivity index (χ0v) is 16.9. The Morgan fingerprint density at radius 3 is 2.57 bits per heavy atom. The number of methoxy groups -OCH3 is 1. The van der Waals surface area contributed by atoms with Crippen molar-refractivity contribution in [3.05, 3.63) is 59.1 Å². The number of amides is 1. The van der Waals surface area contributed by atoms with E-state index < -0.39 is 10.0 Å². The number of hydrogen-bond acceptors (Lipinski definition) is 4. The van der Waals surface area contributed by atoms with Crippen LogP contribution in [0.2, 0.25) is 5.02 Å². The van der Waals surface area contributed by atoms with Crippen molar-refractivity contribution in [1.82, 2.24) is 9.62 Å². The van der Waals surface area contributed by atoms with Crippen LogP contribution in [0.5, 0.6) is 5.75 Å². The van der Waals surface area contributed by atoms with Gasteiger partial charge in [-0.1, -0.05) is 29.8 Å². The summed E-state index contributed by atoms with van der Waals surface area (Å²) in [6.45, 7) is 0.467. The van der Waals surface area contributed by atoms with Gasteiger partial charge in [0.05, 0.1) is 17.0 Å². The van der Waals surface area contributed by atoms with Gasteiger partial charge in [0.2, 0.25) is 10.0 Å². The first kappa shape index (κ1) is 19.2. The Balaban J connectivity index is 1.55. The highest BCUT2D eigenvalue weighted by Gasteiger charge is 2.50. The molecule has 1 N–H and O–H groups in total. The summed E-state index contributed by atoms with van der Waals surface area (Å²) in [6, 6.07) is 13.0. The predicted octanol–water partition coefficient (Wildman–Crippen LogP) is 2.93. The normalized spacial score (nSPS) is 24.3. The molecule has 3 atom stereocenters. The van der Waals surface area contributed by atoms with Crippen molar-refractivity contribution in [3.8, 4) is 5.75 Å². The number of fused-ring (bicyclic) bond motifs is 2. The largest absolute Gasteiger partial charge is 0.495 e. The lowest BCUT2D eigenvalue weighted by Crippen LogP contribution is -2.51. The molecular formula is C20H21ClN2O4S. The Kier molecular flexibility index (Phi) is 5.07. The first-order valence-corrected chi connectivity index (χ1v) is 10.9. The van der Waals surface area contributed by atoms with Crippen LogP contribution in [0.25, 0.3) is 0 Å². The summed E-state index contributed by atoms with van der Waals surface area (Å²) in [7, 11) is -2.23. The molecule has 0 unspecified atom stereocenters. The molecule has 1 amide bonds. The molecule has 0 radical (unpaired) electrons. The van der Waals surface area contributed by atoms with Crippen LogP contribution in [0.3, 0.4) is 0 Å². The van der Waals surface area contributed by atoms with Crippen LogP contribution in [-0.4, -0.2) is 44.4 Å². The van der Waals surface area contributed by atoms with Crippen LogP contribution in [0.1, 0.15) is 23.2 Å². The van der Waals surface area contributed by atoms with Crippen molar-refractivity contribution in [2.45, 2.75) is 29.8 Å². The molecule has 0 spiro atoms. The lowest BCUT2D eigenvalue weighted by atomic mass is 10.1. The quantitative estimate of drug-likeness (QED) is 0.806. The van der Waals surface area contributed by atoms with Crippen LogP contribution < -0.4 is 10.1 Å². The second-order valence-electron chi connectivity index (χ2n) is 7.22. The van der Waals surface area contributed by atoms with Gasteiger partial charge < -0.3 is 10.1 Å². The van der Waals surface area contributed by atoms with E-state index in [-0.39, 0.29) is 33.8 Å². The summed E-state index contributed by atoms with van der Waals surface area (Å²) >= 11 is 6.12. The Morgan fingerprint density at radius 1 is 1.18 bits per heavy atom. The zero-order valence-electron chi connectivity index (χ0n) is 15.3. The van der Waals surface area contributed by atoms with Gasteiger partial charge in [0.1, 0.15) is 5.75 Å². The van der Waals surface area contributed by atoms with Gasteiger partial charge in [-0.05, 0) is 49.1 Å². The maximum Gasteiger partial charge on any atom is 0.251 e. The van der Waals surface area contributed by atoms with E-state index in [0.29, 0.717) is 17.9 Å². The minimum absolute atomic E-state index is 0.138. The summed E-state index contributed by atoms with van der Waals surface area (Å²) in [6.07, 6.45) is 1.54. The number of carbonyl (C=O) groups is 1. The summed E-state index contributed by atoms with van der Waals surface area (Å²) in [5.74, 6) is 0.495. The van der Waals surface area contributed by atoms with Gasteiger partial charge in [-0.15, -0.1) is 0 Å². The molecule has 2 bridgehead atoms. The van der Waals surface area contributed by atoms with Crippen molar-refractivity contribution < 1.29 is 17.9 Å². The number of hydrogen-bond donors (Lipinski definition) is 1. The number of nitrogens with zero attached hydrogens (tertiary/aromatic N) is 1. The van der Waals surface area contributed by atoms with Crippen LogP contribution >= 0.6 is 11.6 Å². The Bertz CT molecular complexity index is 997. The number of halogens is 1. The van der Waals surface area contributed by atoms with Gasteiger partial charge in [-0.25, -0.2) is 8.42 Å². The molecule has 1 aliphatic carbocycles. The van der Waals surface area contributed by atoms with Crippen LogP contribution in [0.4, 0.5) is 0 Å². The van der Waals surface area contributed by atoms with E-state index in [2.05, 4.69) is 5.32 Å². The highest BCUT2D eigenvalue weighted by molar-refractivity contribution is 7.89. The molecule has 148 valence electrons. The molecule has 2 aliphatic rings. The minimum Gasteiger partial charge on any atom is -0.495 e. The summed E-state index contributed by atoms with van der Waals surface area (Å²) < 4.78 is 33.0. The van der Waals surface area contributed by atoms with Crippen molar-refractivity contribution in [2.24, 2.45) is 5.92 Å². The van der Waals surface area contributed by atoms with E-state index in [1.165, 1.54) is 23.5 Å². The molecule has 2 aromatic carbocycles. The van der Waals surface area contributed by atoms with E-state index >= 15 is 0 Å². The third-order valence-corrected chi connectivity index (χ3v) is 7.70. The maximum absolute atomic E-state index is 13.2. The fourth-order valence-corrected chi connectivity index (χ4v) is 6.29. The zero-order chi connectivity index (χ0) is 19.9. The highest BCUT2D eigenvalue weighted by Crippen LogP contribution is 2.41. The number of sulfonamides is 1. The fourth-order valence-electron chi connectivity index (χ4n) is 4.19. The van der Waals surface area contributed by atoms with E-state index in [1.807, 2.05) is 6.07 Å². The standard InChI is InChI=1S/C20H21ClN2O4S/c1-27-19-8-7-15(11-16(19)21)28(25,26)23-12-13-9-17(18(23)10-13)22-20(24)14-5-3-2-4-6-14/h2-8,11,13,17-18H,9-10,12H2,1H3,(H,22,24)/t13-,17+,18-/m1/s1. The predicted molar refractivity (Wildman–Crippen MR) is 106 cm³/mol.